The molecular weight excluding hydrogens is 729 g/mol. The molecule has 0 atom stereocenters. The van der Waals surface area contributed by atoms with E-state index in [1.54, 1.807) is 54.4 Å². The number of nitrogens with one attached hydrogen (secondary N) is 1. The Labute approximate surface area is 308 Å². The van der Waals surface area contributed by atoms with Crippen molar-refractivity contribution in [1.29, 1.82) is 0 Å². The molecule has 1 amide bonds. The van der Waals surface area contributed by atoms with Crippen LogP contribution < -0.4 is 25.0 Å². The number of nitrogens with zero attached hydrogens (tertiary/aromatic N) is 4. The van der Waals surface area contributed by atoms with Gasteiger partial charge >= 0.3 is 0 Å². The molecule has 12 heteroatoms. The Hall–Kier alpha value is -5.33. The van der Waals surface area contributed by atoms with Gasteiger partial charge in [-0.2, -0.15) is 0 Å². The Bertz CT molecular complexity index is 2310. The SMILES string of the molecule is COc1cc2c(Oc3ccc(NC(=O)c4cn(-c5ccc(Br)cc5)c5ncccc5c4=O)cc3F)ccnc2cc1OCCCN1CCC(C)CC1. The molecule has 7 rings (SSSR count). The number of aromatic nitrogens is 3. The second-order valence-corrected chi connectivity index (χ2v) is 13.8. The first kappa shape index (κ1) is 35.1. The smallest absolute Gasteiger partial charge is 0.261 e. The van der Waals surface area contributed by atoms with E-state index in [0.717, 1.165) is 42.5 Å². The van der Waals surface area contributed by atoms with Crippen LogP contribution in [0.25, 0.3) is 27.6 Å². The van der Waals surface area contributed by atoms with Crippen molar-refractivity contribution >= 4 is 49.5 Å². The van der Waals surface area contributed by atoms with E-state index in [-0.39, 0.29) is 22.4 Å². The van der Waals surface area contributed by atoms with Gasteiger partial charge in [0, 0.05) is 58.5 Å². The van der Waals surface area contributed by atoms with Gasteiger partial charge in [-0.3, -0.25) is 14.6 Å². The fraction of sp³-hybridized carbons (Fsp3) is 0.250. The van der Waals surface area contributed by atoms with Crippen molar-refractivity contribution in [2.24, 2.45) is 5.92 Å². The highest BCUT2D eigenvalue weighted by Gasteiger charge is 2.20. The number of pyridine rings is 3. The van der Waals surface area contributed by atoms with Gasteiger partial charge in [0.15, 0.2) is 23.1 Å². The zero-order chi connectivity index (χ0) is 36.2. The number of ether oxygens (including phenoxy) is 3. The Balaban J connectivity index is 1.07. The summed E-state index contributed by atoms with van der Waals surface area (Å²) in [6.07, 6.45) is 7.98. The van der Waals surface area contributed by atoms with Crippen molar-refractivity contribution in [3.05, 3.63) is 117 Å². The number of benzene rings is 3. The summed E-state index contributed by atoms with van der Waals surface area (Å²) in [4.78, 5) is 38.2. The summed E-state index contributed by atoms with van der Waals surface area (Å²) < 4.78 is 35.8. The average Bonchev–Trinajstić information content (AvgIpc) is 3.15. The second-order valence-electron chi connectivity index (χ2n) is 12.8. The lowest BCUT2D eigenvalue weighted by Gasteiger charge is -2.30. The van der Waals surface area contributed by atoms with Crippen LogP contribution in [0.4, 0.5) is 10.1 Å². The van der Waals surface area contributed by atoms with E-state index in [4.69, 9.17) is 14.2 Å². The molecule has 6 aromatic rings. The Morgan fingerprint density at radius 3 is 2.52 bits per heavy atom. The summed E-state index contributed by atoms with van der Waals surface area (Å²) in [5.74, 6) is 0.776. The van der Waals surface area contributed by atoms with Gasteiger partial charge in [-0.25, -0.2) is 9.37 Å². The number of carbonyl (C=O) groups excluding carboxylic acids is 1. The Morgan fingerprint density at radius 2 is 1.75 bits per heavy atom. The second kappa shape index (κ2) is 15.5. The van der Waals surface area contributed by atoms with Crippen molar-refractivity contribution in [3.8, 4) is 28.7 Å². The van der Waals surface area contributed by atoms with Crippen LogP contribution in [0.2, 0.25) is 0 Å². The van der Waals surface area contributed by atoms with Gasteiger partial charge in [-0.1, -0.05) is 22.9 Å². The highest BCUT2D eigenvalue weighted by molar-refractivity contribution is 9.10. The molecule has 0 unspecified atom stereocenters. The van der Waals surface area contributed by atoms with Crippen LogP contribution in [0.15, 0.2) is 101 Å². The number of fused-ring (bicyclic) bond motifs is 2. The summed E-state index contributed by atoms with van der Waals surface area (Å²) in [5.41, 5.74) is 1.24. The lowest BCUT2D eigenvalue weighted by Crippen LogP contribution is -2.34. The highest BCUT2D eigenvalue weighted by atomic mass is 79.9. The van der Waals surface area contributed by atoms with Crippen LogP contribution in [0.3, 0.4) is 0 Å². The van der Waals surface area contributed by atoms with Crippen LogP contribution in [0.5, 0.6) is 23.0 Å². The predicted molar refractivity (Wildman–Crippen MR) is 203 cm³/mol. The third-order valence-electron chi connectivity index (χ3n) is 9.26. The maximum absolute atomic E-state index is 15.5. The summed E-state index contributed by atoms with van der Waals surface area (Å²) in [7, 11) is 1.57. The summed E-state index contributed by atoms with van der Waals surface area (Å²) >= 11 is 3.43. The van der Waals surface area contributed by atoms with Crippen molar-refractivity contribution < 1.29 is 23.4 Å². The molecule has 3 aromatic carbocycles. The molecule has 1 aliphatic rings. The highest BCUT2D eigenvalue weighted by Crippen LogP contribution is 2.38. The summed E-state index contributed by atoms with van der Waals surface area (Å²) in [5, 5.41) is 3.54. The third kappa shape index (κ3) is 7.63. The lowest BCUT2D eigenvalue weighted by molar-refractivity contribution is 0.102. The number of halogens is 2. The molecule has 0 bridgehead atoms. The topological polar surface area (TPSA) is 108 Å². The number of carbonyl (C=O) groups is 1. The first-order valence-electron chi connectivity index (χ1n) is 17.1. The number of rotatable bonds is 11. The zero-order valence-corrected chi connectivity index (χ0v) is 30.4. The largest absolute Gasteiger partial charge is 0.493 e. The van der Waals surface area contributed by atoms with Gasteiger partial charge in [0.25, 0.3) is 5.91 Å². The van der Waals surface area contributed by atoms with Crippen molar-refractivity contribution in [3.63, 3.8) is 0 Å². The minimum atomic E-state index is -0.715. The first-order valence-corrected chi connectivity index (χ1v) is 17.9. The van der Waals surface area contributed by atoms with E-state index in [1.165, 1.54) is 31.2 Å². The standard InChI is InChI=1S/C40H37BrFN5O5/c1-25-13-18-46(19-14-25)17-4-20-51-37-23-33-30(22-36(37)50-2)34(12-16-43-33)52-35-11-8-27(21-32(35)42)45-40(49)31-24-47(28-9-6-26(41)7-10-28)39-29(38(31)48)5-3-15-44-39/h3,5-12,15-16,21-25H,4,13-14,17-20H2,1-2H3,(H,45,49). The van der Waals surface area contributed by atoms with Crippen molar-refractivity contribution in [1.82, 2.24) is 19.4 Å². The number of likely N-dealkylation sites (tertiary alicyclic amines) is 1. The minimum Gasteiger partial charge on any atom is -0.493 e. The van der Waals surface area contributed by atoms with E-state index in [1.807, 2.05) is 24.3 Å². The Morgan fingerprint density at radius 1 is 0.942 bits per heavy atom. The van der Waals surface area contributed by atoms with Crippen LogP contribution in [0.1, 0.15) is 36.5 Å². The third-order valence-corrected chi connectivity index (χ3v) is 9.79. The molecule has 4 heterocycles. The maximum atomic E-state index is 15.5. The first-order chi connectivity index (χ1) is 25.3. The van der Waals surface area contributed by atoms with Crippen LogP contribution in [-0.2, 0) is 0 Å². The predicted octanol–water partition coefficient (Wildman–Crippen LogP) is 8.39. The monoisotopic (exact) mass is 765 g/mol. The van der Waals surface area contributed by atoms with Gasteiger partial charge in [-0.15, -0.1) is 0 Å². The molecule has 266 valence electrons. The number of methoxy groups -OCH3 is 1. The van der Waals surface area contributed by atoms with Crippen LogP contribution in [0, 0.1) is 11.7 Å². The number of anilines is 1. The molecule has 1 fully saturated rings. The molecule has 0 spiro atoms. The number of hydrogen-bond acceptors (Lipinski definition) is 8. The normalized spacial score (nSPS) is 13.7. The lowest BCUT2D eigenvalue weighted by atomic mass is 9.99. The Kier molecular flexibility index (Phi) is 10.5. The number of piperidine rings is 1. The van der Waals surface area contributed by atoms with E-state index >= 15 is 4.39 Å². The zero-order valence-electron chi connectivity index (χ0n) is 28.8. The van der Waals surface area contributed by atoms with Gasteiger partial charge in [0.2, 0.25) is 5.43 Å². The molecule has 52 heavy (non-hydrogen) atoms. The molecule has 3 aromatic heterocycles. The van der Waals surface area contributed by atoms with Gasteiger partial charge < -0.3 is 29.0 Å². The maximum Gasteiger partial charge on any atom is 0.261 e. The molecule has 0 saturated carbocycles. The quantitative estimate of drug-likeness (QED) is 0.131. The molecule has 1 aliphatic heterocycles. The summed E-state index contributed by atoms with van der Waals surface area (Å²) in [6, 6.07) is 19.9. The average molecular weight is 767 g/mol. The number of hydrogen-bond donors (Lipinski definition) is 1. The minimum absolute atomic E-state index is 0.0636. The van der Waals surface area contributed by atoms with Crippen LogP contribution in [-0.4, -0.2) is 58.7 Å². The fourth-order valence-corrected chi connectivity index (χ4v) is 6.61. The van der Waals surface area contributed by atoms with Gasteiger partial charge in [-0.05, 0) is 98.9 Å². The van der Waals surface area contributed by atoms with Crippen LogP contribution >= 0.6 is 15.9 Å². The molecule has 10 nitrogen and oxygen atoms in total. The van der Waals surface area contributed by atoms with E-state index < -0.39 is 17.2 Å². The molecule has 1 N–H and O–H groups in total. The molecule has 0 aliphatic carbocycles. The van der Waals surface area contributed by atoms with E-state index in [9.17, 15) is 9.59 Å². The van der Waals surface area contributed by atoms with E-state index in [0.29, 0.717) is 46.1 Å². The summed E-state index contributed by atoms with van der Waals surface area (Å²) in [6.45, 7) is 6.09. The van der Waals surface area contributed by atoms with E-state index in [2.05, 4.69) is 43.0 Å². The van der Waals surface area contributed by atoms with Crippen molar-refractivity contribution in [2.75, 3.05) is 38.7 Å². The number of amides is 1. The van der Waals surface area contributed by atoms with Crippen molar-refractivity contribution in [2.45, 2.75) is 26.2 Å². The van der Waals surface area contributed by atoms with Gasteiger partial charge in [0.1, 0.15) is 17.0 Å². The molecular formula is C40H37BrFN5O5. The molecule has 0 radical (unpaired) electrons. The van der Waals surface area contributed by atoms with Gasteiger partial charge in [0.05, 0.1) is 24.6 Å². The molecule has 1 saturated heterocycles. The fourth-order valence-electron chi connectivity index (χ4n) is 6.34.